The third-order valence-corrected chi connectivity index (χ3v) is 3.35. The van der Waals surface area contributed by atoms with Crippen LogP contribution in [0.3, 0.4) is 0 Å². The largest absolute Gasteiger partial charge is 0.316 e. The molecule has 0 heterocycles. The Labute approximate surface area is 103 Å². The van der Waals surface area contributed by atoms with Crippen molar-refractivity contribution in [3.05, 3.63) is 33.9 Å². The predicted molar refractivity (Wildman–Crippen MR) is 69.3 cm³/mol. The predicted octanol–water partition coefficient (Wildman–Crippen LogP) is 1.25. The van der Waals surface area contributed by atoms with Crippen molar-refractivity contribution in [2.24, 2.45) is 11.6 Å². The van der Waals surface area contributed by atoms with Crippen molar-refractivity contribution < 1.29 is 4.79 Å². The third-order valence-electron chi connectivity index (χ3n) is 3.35. The van der Waals surface area contributed by atoms with E-state index >= 15 is 0 Å². The molecule has 17 heavy (non-hydrogen) atoms. The lowest BCUT2D eigenvalue weighted by Gasteiger charge is -2.22. The van der Waals surface area contributed by atoms with Gasteiger partial charge in [0.2, 0.25) is 0 Å². The van der Waals surface area contributed by atoms with Crippen LogP contribution in [-0.4, -0.2) is 18.0 Å². The van der Waals surface area contributed by atoms with Crippen LogP contribution in [0.15, 0.2) is 6.07 Å². The lowest BCUT2D eigenvalue weighted by Crippen LogP contribution is -2.40. The number of amides is 1. The summed E-state index contributed by atoms with van der Waals surface area (Å²) >= 11 is 0. The fraction of sp³-hybridized carbons (Fsp3) is 0.462. The number of carbonyl (C=O) groups excluding carboxylic acids is 1. The van der Waals surface area contributed by atoms with Gasteiger partial charge in [-0.15, -0.1) is 0 Å². The van der Waals surface area contributed by atoms with Gasteiger partial charge in [0.05, 0.1) is 0 Å². The molecule has 1 aromatic carbocycles. The van der Waals surface area contributed by atoms with Crippen molar-refractivity contribution in [1.82, 2.24) is 5.01 Å². The molecule has 0 spiro atoms. The van der Waals surface area contributed by atoms with Crippen LogP contribution in [-0.2, 0) is 4.79 Å². The van der Waals surface area contributed by atoms with Crippen molar-refractivity contribution in [2.75, 3.05) is 7.05 Å². The number of nitrogens with two attached hydrogens (primary N) is 2. The molecule has 1 atom stereocenters. The maximum Gasteiger partial charge on any atom is 0.257 e. The summed E-state index contributed by atoms with van der Waals surface area (Å²) < 4.78 is 0. The van der Waals surface area contributed by atoms with E-state index in [0.717, 1.165) is 32.8 Å². The minimum Gasteiger partial charge on any atom is -0.316 e. The minimum absolute atomic E-state index is 0.277. The van der Waals surface area contributed by atoms with Gasteiger partial charge in [-0.25, -0.2) is 5.84 Å². The van der Waals surface area contributed by atoms with E-state index in [1.54, 1.807) is 0 Å². The molecule has 0 bridgehead atoms. The van der Waals surface area contributed by atoms with Crippen molar-refractivity contribution in [1.29, 1.82) is 0 Å². The highest BCUT2D eigenvalue weighted by atomic mass is 16.2. The average Bonchev–Trinajstić information content (AvgIpc) is 2.25. The number of aryl methyl sites for hydroxylation is 2. The van der Waals surface area contributed by atoms with Crippen molar-refractivity contribution >= 4 is 5.91 Å². The van der Waals surface area contributed by atoms with E-state index in [4.69, 9.17) is 11.6 Å². The molecule has 1 aromatic rings. The second-order valence-electron chi connectivity index (χ2n) is 4.60. The van der Waals surface area contributed by atoms with Crippen molar-refractivity contribution in [2.45, 2.75) is 33.7 Å². The number of carbonyl (C=O) groups is 1. The van der Waals surface area contributed by atoms with Gasteiger partial charge in [-0.3, -0.25) is 9.80 Å². The summed E-state index contributed by atoms with van der Waals surface area (Å²) in [4.78, 5) is 11.8. The number of benzene rings is 1. The van der Waals surface area contributed by atoms with Crippen molar-refractivity contribution in [3.63, 3.8) is 0 Å². The van der Waals surface area contributed by atoms with Crippen LogP contribution in [0.2, 0.25) is 0 Å². The number of hydrazine groups is 1. The Kier molecular flexibility index (Phi) is 3.91. The molecular weight excluding hydrogens is 214 g/mol. The summed E-state index contributed by atoms with van der Waals surface area (Å²) in [6.45, 7) is 8.02. The molecular formula is C13H21N3O. The molecule has 0 radical (unpaired) electrons. The van der Waals surface area contributed by atoms with Crippen LogP contribution in [0, 0.1) is 27.7 Å². The summed E-state index contributed by atoms with van der Waals surface area (Å²) in [5.41, 5.74) is 11.3. The molecule has 0 aromatic heterocycles. The van der Waals surface area contributed by atoms with E-state index < -0.39 is 6.04 Å². The Bertz CT molecular complexity index is 426. The highest BCUT2D eigenvalue weighted by molar-refractivity contribution is 5.83. The Balaban J connectivity index is 3.35. The highest BCUT2D eigenvalue weighted by Gasteiger charge is 2.23. The van der Waals surface area contributed by atoms with Crippen LogP contribution < -0.4 is 11.6 Å². The van der Waals surface area contributed by atoms with Gasteiger partial charge in [-0.2, -0.15) is 0 Å². The van der Waals surface area contributed by atoms with Gasteiger partial charge in [0, 0.05) is 7.05 Å². The fourth-order valence-corrected chi connectivity index (χ4v) is 2.06. The SMILES string of the molecule is Cc1cc(C)c(C)c(C(N)C(=O)N(C)N)c1C. The molecule has 0 saturated carbocycles. The topological polar surface area (TPSA) is 72.4 Å². The quantitative estimate of drug-likeness (QED) is 0.460. The second kappa shape index (κ2) is 4.85. The van der Waals surface area contributed by atoms with Gasteiger partial charge in [0.25, 0.3) is 5.91 Å². The van der Waals surface area contributed by atoms with E-state index in [2.05, 4.69) is 6.07 Å². The van der Waals surface area contributed by atoms with Crippen LogP contribution in [0.5, 0.6) is 0 Å². The molecule has 4 nitrogen and oxygen atoms in total. The maximum atomic E-state index is 11.8. The zero-order valence-corrected chi connectivity index (χ0v) is 11.2. The van der Waals surface area contributed by atoms with Crippen LogP contribution in [0.1, 0.15) is 33.9 Å². The lowest BCUT2D eigenvalue weighted by molar-refractivity contribution is -0.131. The second-order valence-corrected chi connectivity index (χ2v) is 4.60. The van der Waals surface area contributed by atoms with Crippen molar-refractivity contribution in [3.8, 4) is 0 Å². The maximum absolute atomic E-state index is 11.8. The molecule has 0 aliphatic carbocycles. The van der Waals surface area contributed by atoms with Gasteiger partial charge < -0.3 is 5.73 Å². The van der Waals surface area contributed by atoms with E-state index in [0.29, 0.717) is 0 Å². The molecule has 1 amide bonds. The Morgan fingerprint density at radius 2 is 1.59 bits per heavy atom. The monoisotopic (exact) mass is 235 g/mol. The van der Waals surface area contributed by atoms with Gasteiger partial charge in [0.1, 0.15) is 6.04 Å². The Morgan fingerprint density at radius 1 is 1.18 bits per heavy atom. The number of hydrogen-bond acceptors (Lipinski definition) is 3. The first-order chi connectivity index (χ1) is 7.77. The fourth-order valence-electron chi connectivity index (χ4n) is 2.06. The first-order valence-electron chi connectivity index (χ1n) is 5.62. The molecule has 4 heteroatoms. The van der Waals surface area contributed by atoms with Gasteiger partial charge in [-0.1, -0.05) is 6.07 Å². The van der Waals surface area contributed by atoms with E-state index in [1.807, 2.05) is 27.7 Å². The normalized spacial score (nSPS) is 12.4. The van der Waals surface area contributed by atoms with Gasteiger partial charge in [-0.05, 0) is 55.5 Å². The number of rotatable bonds is 2. The Morgan fingerprint density at radius 3 is 1.94 bits per heavy atom. The third kappa shape index (κ3) is 2.48. The summed E-state index contributed by atoms with van der Waals surface area (Å²) in [6, 6.07) is 1.42. The first kappa shape index (κ1) is 13.7. The molecule has 94 valence electrons. The zero-order chi connectivity index (χ0) is 13.3. The number of nitrogens with zero attached hydrogens (tertiary/aromatic N) is 1. The van der Waals surface area contributed by atoms with Gasteiger partial charge >= 0.3 is 0 Å². The molecule has 4 N–H and O–H groups in total. The standard InChI is InChI=1S/C13H21N3O/c1-7-6-8(2)10(4)11(9(7)3)12(14)13(17)16(5)15/h6,12H,14-15H2,1-5H3. The zero-order valence-electron chi connectivity index (χ0n) is 11.2. The van der Waals surface area contributed by atoms with E-state index in [-0.39, 0.29) is 5.91 Å². The molecule has 0 saturated heterocycles. The molecule has 0 aliphatic rings. The van der Waals surface area contributed by atoms with Crippen LogP contribution in [0.4, 0.5) is 0 Å². The molecule has 1 unspecified atom stereocenters. The van der Waals surface area contributed by atoms with Gasteiger partial charge in [0.15, 0.2) is 0 Å². The summed E-state index contributed by atoms with van der Waals surface area (Å²) in [5.74, 6) is 5.18. The average molecular weight is 235 g/mol. The van der Waals surface area contributed by atoms with Crippen LogP contribution >= 0.6 is 0 Å². The minimum atomic E-state index is -0.691. The highest BCUT2D eigenvalue weighted by Crippen LogP contribution is 2.26. The number of hydrogen-bond donors (Lipinski definition) is 2. The van der Waals surface area contributed by atoms with E-state index in [1.165, 1.54) is 7.05 Å². The summed E-state index contributed by atoms with van der Waals surface area (Å²) in [7, 11) is 1.51. The van der Waals surface area contributed by atoms with E-state index in [9.17, 15) is 4.79 Å². The smallest absolute Gasteiger partial charge is 0.257 e. The lowest BCUT2D eigenvalue weighted by atomic mass is 9.89. The molecule has 0 aliphatic heterocycles. The summed E-state index contributed by atoms with van der Waals surface area (Å²) in [6.07, 6.45) is 0. The Hall–Kier alpha value is -1.39. The number of likely N-dealkylation sites (N-methyl/N-ethyl adjacent to an activating group) is 1. The molecule has 0 fully saturated rings. The molecule has 1 rings (SSSR count). The van der Waals surface area contributed by atoms with Crippen LogP contribution in [0.25, 0.3) is 0 Å². The summed E-state index contributed by atoms with van der Waals surface area (Å²) in [5, 5.41) is 1.04. The first-order valence-corrected chi connectivity index (χ1v) is 5.62.